The van der Waals surface area contributed by atoms with Gasteiger partial charge in [0, 0.05) is 5.75 Å². The Morgan fingerprint density at radius 1 is 1.07 bits per heavy atom. The van der Waals surface area contributed by atoms with E-state index in [1.807, 2.05) is 11.6 Å². The molecule has 0 fully saturated rings. The zero-order chi connectivity index (χ0) is 21.9. The summed E-state index contributed by atoms with van der Waals surface area (Å²) in [6.45, 7) is 0.362. The maximum absolute atomic E-state index is 12.6. The number of hydrogen-bond donors (Lipinski definition) is 8. The van der Waals surface area contributed by atoms with Crippen molar-refractivity contribution in [2.45, 2.75) is 43.6 Å². The summed E-state index contributed by atoms with van der Waals surface area (Å²) in [5.41, 5.74) is 5.58. The highest BCUT2D eigenvalue weighted by Crippen LogP contribution is 2.04. The molecule has 0 aromatic rings. The van der Waals surface area contributed by atoms with Crippen LogP contribution in [0.2, 0.25) is 0 Å². The molecule has 0 saturated heterocycles. The number of rotatable bonds is 13. The van der Waals surface area contributed by atoms with Crippen molar-refractivity contribution in [2.24, 2.45) is 5.73 Å². The zero-order valence-corrected chi connectivity index (χ0v) is 17.3. The smallest absolute Gasteiger partial charge is 0.328 e. The largest absolute Gasteiger partial charge is 0.480 e. The van der Waals surface area contributed by atoms with Gasteiger partial charge in [-0.1, -0.05) is 0 Å². The average molecular weight is 441 g/mol. The number of aliphatic carboxylic acids is 1. The summed E-state index contributed by atoms with van der Waals surface area (Å²) in [4.78, 5) is 47.7. The number of thioether (sulfide) groups is 1. The van der Waals surface area contributed by atoms with Crippen molar-refractivity contribution in [3.8, 4) is 0 Å². The Hall–Kier alpha value is -1.54. The number of aliphatic hydroxyl groups excluding tert-OH is 2. The molecule has 0 saturated carbocycles. The van der Waals surface area contributed by atoms with E-state index in [1.54, 1.807) is 0 Å². The second kappa shape index (κ2) is 13.6. The molecule has 0 radical (unpaired) electrons. The molecular formula is C15H28N4O7S2. The van der Waals surface area contributed by atoms with E-state index in [0.29, 0.717) is 5.75 Å². The van der Waals surface area contributed by atoms with E-state index in [9.17, 15) is 24.3 Å². The topological polar surface area (TPSA) is 191 Å². The van der Waals surface area contributed by atoms with Crippen LogP contribution < -0.4 is 21.7 Å². The minimum atomic E-state index is -1.59. The van der Waals surface area contributed by atoms with Crippen molar-refractivity contribution in [3.05, 3.63) is 0 Å². The van der Waals surface area contributed by atoms with Crippen LogP contribution in [0.15, 0.2) is 0 Å². The van der Waals surface area contributed by atoms with Crippen LogP contribution in [0.3, 0.4) is 0 Å². The summed E-state index contributed by atoms with van der Waals surface area (Å²) < 4.78 is 0. The summed E-state index contributed by atoms with van der Waals surface area (Å²) in [5.74, 6) is -3.22. The lowest BCUT2D eigenvalue weighted by Crippen LogP contribution is -2.60. The van der Waals surface area contributed by atoms with Gasteiger partial charge in [-0.3, -0.25) is 14.4 Å². The third kappa shape index (κ3) is 9.10. The van der Waals surface area contributed by atoms with E-state index in [0.717, 1.165) is 0 Å². The Morgan fingerprint density at radius 3 is 2.07 bits per heavy atom. The summed E-state index contributed by atoms with van der Waals surface area (Å²) in [5, 5.41) is 34.5. The van der Waals surface area contributed by atoms with Gasteiger partial charge in [0.05, 0.1) is 18.8 Å². The fraction of sp³-hybridized carbons (Fsp3) is 0.733. The van der Waals surface area contributed by atoms with Gasteiger partial charge in [0.15, 0.2) is 0 Å². The summed E-state index contributed by atoms with van der Waals surface area (Å²) in [7, 11) is 0. The molecule has 0 rings (SSSR count). The van der Waals surface area contributed by atoms with Gasteiger partial charge in [-0.05, 0) is 25.4 Å². The van der Waals surface area contributed by atoms with Crippen molar-refractivity contribution in [2.75, 3.05) is 24.4 Å². The van der Waals surface area contributed by atoms with Crippen LogP contribution in [-0.4, -0.2) is 93.7 Å². The van der Waals surface area contributed by atoms with E-state index in [4.69, 9.17) is 15.9 Å². The van der Waals surface area contributed by atoms with Gasteiger partial charge in [0.2, 0.25) is 17.7 Å². The van der Waals surface area contributed by atoms with Gasteiger partial charge in [0.25, 0.3) is 0 Å². The van der Waals surface area contributed by atoms with Crippen LogP contribution in [0, 0.1) is 0 Å². The molecule has 162 valence electrons. The number of carbonyl (C=O) groups excluding carboxylic acids is 3. The summed E-state index contributed by atoms with van der Waals surface area (Å²) in [6.07, 6.45) is 0.678. The van der Waals surface area contributed by atoms with Crippen molar-refractivity contribution < 1.29 is 34.5 Å². The Labute approximate surface area is 172 Å². The number of aliphatic hydroxyl groups is 2. The molecule has 28 heavy (non-hydrogen) atoms. The van der Waals surface area contributed by atoms with Gasteiger partial charge >= 0.3 is 5.97 Å². The molecule has 0 bridgehead atoms. The first kappa shape index (κ1) is 26.5. The van der Waals surface area contributed by atoms with E-state index < -0.39 is 60.6 Å². The second-order valence-electron chi connectivity index (χ2n) is 5.94. The number of carboxylic acid groups (broad SMARTS) is 1. The normalized spacial score (nSPS) is 16.2. The quantitative estimate of drug-likeness (QED) is 0.137. The monoisotopic (exact) mass is 440 g/mol. The summed E-state index contributed by atoms with van der Waals surface area (Å²) in [6, 6.07) is -5.03. The van der Waals surface area contributed by atoms with Crippen LogP contribution in [-0.2, 0) is 19.2 Å². The maximum atomic E-state index is 12.6. The van der Waals surface area contributed by atoms with Gasteiger partial charge in [0.1, 0.15) is 18.1 Å². The molecule has 3 amide bonds. The maximum Gasteiger partial charge on any atom is 0.328 e. The first-order valence-electron chi connectivity index (χ1n) is 8.37. The van der Waals surface area contributed by atoms with Crippen molar-refractivity contribution in [1.29, 1.82) is 0 Å². The summed E-state index contributed by atoms with van der Waals surface area (Å²) >= 11 is 5.36. The molecule has 0 aromatic heterocycles. The highest BCUT2D eigenvalue weighted by molar-refractivity contribution is 7.98. The number of nitrogens with one attached hydrogen (secondary N) is 3. The number of nitrogens with two attached hydrogens (primary N) is 1. The zero-order valence-electron chi connectivity index (χ0n) is 15.6. The van der Waals surface area contributed by atoms with Crippen LogP contribution >= 0.6 is 24.4 Å². The number of hydrogen-bond acceptors (Lipinski definition) is 9. The Morgan fingerprint density at radius 2 is 1.64 bits per heavy atom. The molecule has 0 heterocycles. The van der Waals surface area contributed by atoms with E-state index >= 15 is 0 Å². The lowest BCUT2D eigenvalue weighted by atomic mass is 10.1. The number of carboxylic acids is 1. The van der Waals surface area contributed by atoms with Gasteiger partial charge in [-0.2, -0.15) is 24.4 Å². The molecule has 5 unspecified atom stereocenters. The minimum Gasteiger partial charge on any atom is -0.480 e. The number of thiol groups is 1. The Balaban J connectivity index is 5.24. The van der Waals surface area contributed by atoms with Crippen molar-refractivity contribution in [3.63, 3.8) is 0 Å². The molecule has 0 aromatic carbocycles. The predicted molar refractivity (Wildman–Crippen MR) is 107 cm³/mol. The fourth-order valence-electron chi connectivity index (χ4n) is 1.97. The van der Waals surface area contributed by atoms with Crippen molar-refractivity contribution >= 4 is 48.1 Å². The second-order valence-corrected chi connectivity index (χ2v) is 7.29. The van der Waals surface area contributed by atoms with Gasteiger partial charge in [-0.25, -0.2) is 4.79 Å². The number of amides is 3. The molecule has 0 spiro atoms. The third-order valence-electron chi connectivity index (χ3n) is 3.64. The van der Waals surface area contributed by atoms with Crippen LogP contribution in [0.1, 0.15) is 13.3 Å². The first-order valence-corrected chi connectivity index (χ1v) is 10.4. The lowest BCUT2D eigenvalue weighted by Gasteiger charge is -2.26. The molecule has 13 heteroatoms. The molecule has 8 N–H and O–H groups in total. The van der Waals surface area contributed by atoms with Crippen LogP contribution in [0.25, 0.3) is 0 Å². The van der Waals surface area contributed by atoms with Crippen LogP contribution in [0.5, 0.6) is 0 Å². The lowest BCUT2D eigenvalue weighted by molar-refractivity contribution is -0.144. The molecule has 0 aliphatic rings. The fourth-order valence-corrected chi connectivity index (χ4v) is 2.61. The SMILES string of the molecule is CSCCC(NC(=O)C(N)CS)C(=O)NC(C(=O)NC(CO)C(=O)O)C(C)O. The van der Waals surface area contributed by atoms with Crippen LogP contribution in [0.4, 0.5) is 0 Å². The molecule has 11 nitrogen and oxygen atoms in total. The molecule has 0 aliphatic carbocycles. The van der Waals surface area contributed by atoms with Crippen molar-refractivity contribution in [1.82, 2.24) is 16.0 Å². The number of carbonyl (C=O) groups is 4. The minimum absolute atomic E-state index is 0.0686. The Bertz CT molecular complexity index is 550. The molecular weight excluding hydrogens is 412 g/mol. The van der Waals surface area contributed by atoms with E-state index in [2.05, 4.69) is 23.3 Å². The van der Waals surface area contributed by atoms with Gasteiger partial charge in [-0.15, -0.1) is 0 Å². The predicted octanol–water partition coefficient (Wildman–Crippen LogP) is -3.09. The highest BCUT2D eigenvalue weighted by Gasteiger charge is 2.32. The first-order chi connectivity index (χ1) is 13.1. The average Bonchev–Trinajstić information content (AvgIpc) is 2.65. The highest BCUT2D eigenvalue weighted by atomic mass is 32.2. The third-order valence-corrected chi connectivity index (χ3v) is 4.67. The molecule has 5 atom stereocenters. The Kier molecular flexibility index (Phi) is 12.9. The van der Waals surface area contributed by atoms with E-state index in [1.165, 1.54) is 18.7 Å². The van der Waals surface area contributed by atoms with Gasteiger partial charge < -0.3 is 37.0 Å². The molecule has 0 aliphatic heterocycles. The standard InChI is InChI=1S/C15H28N4O7S2/c1-7(21)11(14(24)18-10(5-20)15(25)26)19-13(23)9(3-4-28-2)17-12(22)8(16)6-27/h7-11,20-21,27H,3-6,16H2,1-2H3,(H,17,22)(H,18,24)(H,19,23)(H,25,26). The van der Waals surface area contributed by atoms with E-state index in [-0.39, 0.29) is 12.2 Å².